The molecule has 43 heavy (non-hydrogen) atoms. The maximum absolute atomic E-state index is 13.2. The molecule has 1 saturated carbocycles. The number of rotatable bonds is 10. The highest BCUT2D eigenvalue weighted by molar-refractivity contribution is 6.16. The third-order valence-corrected chi connectivity index (χ3v) is 7.38. The Labute approximate surface area is 248 Å². The molecule has 1 aliphatic heterocycles. The van der Waals surface area contributed by atoms with E-state index in [0.717, 1.165) is 38.5 Å². The van der Waals surface area contributed by atoms with Gasteiger partial charge in [0, 0.05) is 49.0 Å². The number of amides is 2. The van der Waals surface area contributed by atoms with Gasteiger partial charge in [0.15, 0.2) is 0 Å². The zero-order chi connectivity index (χ0) is 29.6. The van der Waals surface area contributed by atoms with E-state index < -0.39 is 17.1 Å². The van der Waals surface area contributed by atoms with Crippen molar-refractivity contribution in [1.29, 1.82) is 0 Å². The minimum atomic E-state index is -1.14. The highest BCUT2D eigenvalue weighted by Crippen LogP contribution is 2.47. The molecular formula is C32H31FN6O4. The predicted octanol–water partition coefficient (Wildman–Crippen LogP) is 5.34. The topological polar surface area (TPSA) is 118 Å². The Balaban J connectivity index is 1.03. The molecule has 2 amide bonds. The standard InChI is InChI=1S/C32H31FN6O4/c33-23-4-6-24(7-5-23)35-29(40)32(13-14-32)30(41)36-25-8-10-27(11-9-25)43-28-12-15-34-31(38-28)37-26-3-1-2-22(20-26)21-39-16-18-42-19-17-39/h1-12,15,20H,13-14,16-19,21H2,(H,35,40)(H,36,41)(H,34,37,38). The Kier molecular flexibility index (Phi) is 8.25. The second-order valence-electron chi connectivity index (χ2n) is 10.6. The molecule has 2 heterocycles. The number of morpholine rings is 1. The second kappa shape index (κ2) is 12.6. The highest BCUT2D eigenvalue weighted by Gasteiger charge is 2.56. The summed E-state index contributed by atoms with van der Waals surface area (Å²) in [5.74, 6) is 0.0778. The van der Waals surface area contributed by atoms with E-state index in [4.69, 9.17) is 9.47 Å². The lowest BCUT2D eigenvalue weighted by atomic mass is 10.0. The van der Waals surface area contributed by atoms with Crippen molar-refractivity contribution in [3.63, 3.8) is 0 Å². The van der Waals surface area contributed by atoms with Gasteiger partial charge in [-0.2, -0.15) is 4.98 Å². The number of hydrogen-bond donors (Lipinski definition) is 3. The third kappa shape index (κ3) is 7.14. The van der Waals surface area contributed by atoms with Gasteiger partial charge in [0.25, 0.3) is 0 Å². The average molecular weight is 583 g/mol. The minimum absolute atomic E-state index is 0.355. The van der Waals surface area contributed by atoms with E-state index in [-0.39, 0.29) is 5.91 Å². The molecule has 1 aromatic heterocycles. The van der Waals surface area contributed by atoms with Crippen molar-refractivity contribution in [2.75, 3.05) is 42.3 Å². The van der Waals surface area contributed by atoms with Crippen LogP contribution in [0.15, 0.2) is 85.1 Å². The van der Waals surface area contributed by atoms with Crippen LogP contribution in [0, 0.1) is 11.2 Å². The summed E-state index contributed by atoms with van der Waals surface area (Å²) >= 11 is 0. The maximum atomic E-state index is 13.2. The lowest BCUT2D eigenvalue weighted by Crippen LogP contribution is -2.35. The van der Waals surface area contributed by atoms with Crippen LogP contribution in [0.4, 0.5) is 27.4 Å². The molecule has 0 radical (unpaired) electrons. The van der Waals surface area contributed by atoms with E-state index >= 15 is 0 Å². The van der Waals surface area contributed by atoms with Gasteiger partial charge in [-0.15, -0.1) is 0 Å². The Morgan fingerprint density at radius 3 is 2.23 bits per heavy atom. The molecule has 3 N–H and O–H groups in total. The number of anilines is 4. The fourth-order valence-corrected chi connectivity index (χ4v) is 4.80. The molecule has 4 aromatic rings. The number of carbonyl (C=O) groups is 2. The number of nitrogens with zero attached hydrogens (tertiary/aromatic N) is 3. The van der Waals surface area contributed by atoms with Gasteiger partial charge in [-0.05, 0) is 79.1 Å². The molecule has 1 aliphatic carbocycles. The molecule has 0 spiro atoms. The van der Waals surface area contributed by atoms with Gasteiger partial charge in [0.1, 0.15) is 17.0 Å². The molecule has 0 atom stereocenters. The molecule has 220 valence electrons. The first-order chi connectivity index (χ1) is 20.9. The van der Waals surface area contributed by atoms with Gasteiger partial charge < -0.3 is 25.4 Å². The van der Waals surface area contributed by atoms with Gasteiger partial charge >= 0.3 is 0 Å². The summed E-state index contributed by atoms with van der Waals surface area (Å²) in [4.78, 5) is 36.9. The average Bonchev–Trinajstić information content (AvgIpc) is 3.83. The van der Waals surface area contributed by atoms with Crippen molar-refractivity contribution in [2.45, 2.75) is 19.4 Å². The second-order valence-corrected chi connectivity index (χ2v) is 10.6. The minimum Gasteiger partial charge on any atom is -0.439 e. The molecule has 0 bridgehead atoms. The number of ether oxygens (including phenoxy) is 2. The van der Waals surface area contributed by atoms with Crippen LogP contribution in [0.1, 0.15) is 18.4 Å². The Morgan fingerprint density at radius 1 is 0.884 bits per heavy atom. The fraction of sp³-hybridized carbons (Fsp3) is 0.250. The van der Waals surface area contributed by atoms with Crippen molar-refractivity contribution in [3.8, 4) is 11.6 Å². The predicted molar refractivity (Wildman–Crippen MR) is 160 cm³/mol. The summed E-state index contributed by atoms with van der Waals surface area (Å²) in [5.41, 5.74) is 1.89. The van der Waals surface area contributed by atoms with E-state index in [9.17, 15) is 14.0 Å². The first-order valence-corrected chi connectivity index (χ1v) is 14.1. The Morgan fingerprint density at radius 2 is 1.56 bits per heavy atom. The molecule has 6 rings (SSSR count). The zero-order valence-electron chi connectivity index (χ0n) is 23.4. The van der Waals surface area contributed by atoms with Crippen LogP contribution in [0.2, 0.25) is 0 Å². The lowest BCUT2D eigenvalue weighted by Gasteiger charge is -2.26. The third-order valence-electron chi connectivity index (χ3n) is 7.38. The van der Waals surface area contributed by atoms with Crippen LogP contribution in [-0.4, -0.2) is 53.0 Å². The van der Waals surface area contributed by atoms with Crippen LogP contribution in [0.3, 0.4) is 0 Å². The SMILES string of the molecule is O=C(Nc1ccc(F)cc1)C1(C(=O)Nc2ccc(Oc3ccnc(Nc4cccc(CN5CCOCC5)c4)n3)cc2)CC1. The molecular weight excluding hydrogens is 551 g/mol. The number of nitrogens with one attached hydrogen (secondary N) is 3. The maximum Gasteiger partial charge on any atom is 0.240 e. The quantitative estimate of drug-likeness (QED) is 0.215. The van der Waals surface area contributed by atoms with E-state index in [2.05, 4.69) is 43.0 Å². The van der Waals surface area contributed by atoms with Crippen molar-refractivity contribution in [1.82, 2.24) is 14.9 Å². The smallest absolute Gasteiger partial charge is 0.240 e. The van der Waals surface area contributed by atoms with Crippen molar-refractivity contribution < 1.29 is 23.5 Å². The largest absolute Gasteiger partial charge is 0.439 e. The molecule has 1 saturated heterocycles. The lowest BCUT2D eigenvalue weighted by molar-refractivity contribution is -0.131. The monoisotopic (exact) mass is 582 g/mol. The summed E-state index contributed by atoms with van der Waals surface area (Å²) in [6.07, 6.45) is 2.49. The van der Waals surface area contributed by atoms with E-state index in [0.29, 0.717) is 41.8 Å². The molecule has 0 unspecified atom stereocenters. The number of carbonyl (C=O) groups excluding carboxylic acids is 2. The van der Waals surface area contributed by atoms with E-state index in [1.165, 1.54) is 29.8 Å². The summed E-state index contributed by atoms with van der Waals surface area (Å²) in [5, 5.41) is 8.77. The first kappa shape index (κ1) is 28.3. The molecule has 11 heteroatoms. The highest BCUT2D eigenvalue weighted by atomic mass is 19.1. The van der Waals surface area contributed by atoms with Crippen LogP contribution in [0.25, 0.3) is 0 Å². The van der Waals surface area contributed by atoms with Crippen molar-refractivity contribution >= 4 is 34.8 Å². The Bertz CT molecular complexity index is 1590. The van der Waals surface area contributed by atoms with Gasteiger partial charge in [0.05, 0.1) is 13.2 Å². The van der Waals surface area contributed by atoms with Crippen LogP contribution >= 0.6 is 0 Å². The van der Waals surface area contributed by atoms with E-state index in [1.54, 1.807) is 36.5 Å². The number of benzene rings is 3. The number of hydrogen-bond acceptors (Lipinski definition) is 8. The zero-order valence-corrected chi connectivity index (χ0v) is 23.4. The summed E-state index contributed by atoms with van der Waals surface area (Å²) in [7, 11) is 0. The molecule has 2 aliphatic rings. The van der Waals surface area contributed by atoms with Crippen LogP contribution < -0.4 is 20.7 Å². The summed E-state index contributed by atoms with van der Waals surface area (Å²) < 4.78 is 24.5. The van der Waals surface area contributed by atoms with Crippen molar-refractivity contribution in [2.24, 2.45) is 5.41 Å². The summed E-state index contributed by atoms with van der Waals surface area (Å²) in [6.45, 7) is 4.21. The van der Waals surface area contributed by atoms with Gasteiger partial charge in [-0.1, -0.05) is 12.1 Å². The van der Waals surface area contributed by atoms with Gasteiger partial charge in [0.2, 0.25) is 23.6 Å². The van der Waals surface area contributed by atoms with Crippen LogP contribution in [-0.2, 0) is 20.9 Å². The molecule has 10 nitrogen and oxygen atoms in total. The van der Waals surface area contributed by atoms with Crippen LogP contribution in [0.5, 0.6) is 11.6 Å². The first-order valence-electron chi connectivity index (χ1n) is 14.1. The number of halogens is 1. The normalized spacial score (nSPS) is 15.7. The van der Waals surface area contributed by atoms with Gasteiger partial charge in [-0.25, -0.2) is 9.37 Å². The van der Waals surface area contributed by atoms with Gasteiger partial charge in [-0.3, -0.25) is 14.5 Å². The van der Waals surface area contributed by atoms with E-state index in [1.807, 2.05) is 12.1 Å². The summed E-state index contributed by atoms with van der Waals surface area (Å²) in [6, 6.07) is 22.0. The molecule has 3 aromatic carbocycles. The van der Waals surface area contributed by atoms with Crippen molar-refractivity contribution in [3.05, 3.63) is 96.4 Å². The fourth-order valence-electron chi connectivity index (χ4n) is 4.80. The number of aromatic nitrogens is 2. The Hall–Kier alpha value is -4.87. The molecule has 2 fully saturated rings.